The lowest BCUT2D eigenvalue weighted by Crippen LogP contribution is -2.09. The second-order valence-corrected chi connectivity index (χ2v) is 3.86. The van der Waals surface area contributed by atoms with Crippen molar-refractivity contribution < 1.29 is 9.78 Å². The van der Waals surface area contributed by atoms with E-state index in [0.717, 1.165) is 10.6 Å². The second-order valence-electron chi connectivity index (χ2n) is 2.23. The van der Waals surface area contributed by atoms with Crippen molar-refractivity contribution >= 4 is 35.1 Å². The van der Waals surface area contributed by atoms with Crippen molar-refractivity contribution in [1.82, 2.24) is 4.98 Å². The van der Waals surface area contributed by atoms with Gasteiger partial charge in [0.25, 0.3) is 0 Å². The highest BCUT2D eigenvalue weighted by molar-refractivity contribution is 7.24. The van der Waals surface area contributed by atoms with Crippen LogP contribution in [-0.2, 0) is 16.4 Å². The molecule has 13 heavy (non-hydrogen) atoms. The average Bonchev–Trinajstić information content (AvgIpc) is 2.48. The van der Waals surface area contributed by atoms with E-state index in [-0.39, 0.29) is 0 Å². The summed E-state index contributed by atoms with van der Waals surface area (Å²) in [6.45, 7) is 4.60. The summed E-state index contributed by atoms with van der Waals surface area (Å²) < 4.78 is 0.660. The Bertz CT molecular complexity index is 269. The minimum Gasteiger partial charge on any atom is -0.253 e. The van der Waals surface area contributed by atoms with Crippen molar-refractivity contribution in [2.45, 2.75) is 20.4 Å². The fourth-order valence-corrected chi connectivity index (χ4v) is 1.76. The molecule has 1 aromatic heterocycles. The highest BCUT2D eigenvalue weighted by atomic mass is 35.5. The molecule has 0 aliphatic heterocycles. The van der Waals surface area contributed by atoms with Crippen molar-refractivity contribution in [2.24, 2.45) is 0 Å². The van der Waals surface area contributed by atoms with Gasteiger partial charge in [0.15, 0.2) is 7.28 Å². The Morgan fingerprint density at radius 2 is 2.31 bits per heavy atom. The Morgan fingerprint density at radius 1 is 1.54 bits per heavy atom. The van der Waals surface area contributed by atoms with E-state index in [1.165, 1.54) is 11.3 Å². The molecular weight excluding hydrogens is 208 g/mol. The Labute approximate surface area is 87.2 Å². The average molecular weight is 218 g/mol. The summed E-state index contributed by atoms with van der Waals surface area (Å²) in [6, 6.07) is 0. The van der Waals surface area contributed by atoms with E-state index in [0.29, 0.717) is 17.6 Å². The van der Waals surface area contributed by atoms with Gasteiger partial charge in [-0.2, -0.15) is 0 Å². The van der Waals surface area contributed by atoms with Crippen molar-refractivity contribution in [1.29, 1.82) is 0 Å². The van der Waals surface area contributed by atoms with Crippen LogP contribution in [0.3, 0.4) is 0 Å². The van der Waals surface area contributed by atoms with Gasteiger partial charge in [-0.25, -0.2) is 9.78 Å². The molecule has 1 aromatic rings. The van der Waals surface area contributed by atoms with Gasteiger partial charge in [0.1, 0.15) is 10.9 Å². The third-order valence-corrected chi connectivity index (χ3v) is 2.71. The molecule has 0 aliphatic carbocycles. The van der Waals surface area contributed by atoms with Crippen LogP contribution in [0, 0.1) is 0 Å². The fourth-order valence-electron chi connectivity index (χ4n) is 0.744. The van der Waals surface area contributed by atoms with Crippen LogP contribution in [0.25, 0.3) is 0 Å². The first-order valence-electron chi connectivity index (χ1n) is 3.97. The standard InChI is InChI=1S/C7H10BClNO2S/c1-3-11-12-4-5-6(9)13-7(8-2)10-5/h3-4H2,1-2H3. The van der Waals surface area contributed by atoms with Crippen molar-refractivity contribution in [3.63, 3.8) is 0 Å². The summed E-state index contributed by atoms with van der Waals surface area (Å²) in [7, 11) is 1.90. The molecule has 0 unspecified atom stereocenters. The normalized spacial score (nSPS) is 10.4. The zero-order valence-corrected chi connectivity index (χ0v) is 9.11. The van der Waals surface area contributed by atoms with Gasteiger partial charge in [0.2, 0.25) is 0 Å². The second kappa shape index (κ2) is 5.60. The smallest absolute Gasteiger partial charge is 0.188 e. The van der Waals surface area contributed by atoms with Crippen LogP contribution in [0.1, 0.15) is 12.6 Å². The molecule has 0 saturated heterocycles. The number of aromatic nitrogens is 1. The van der Waals surface area contributed by atoms with Gasteiger partial charge in [0, 0.05) is 4.91 Å². The van der Waals surface area contributed by atoms with Crippen molar-refractivity contribution in [3.05, 3.63) is 10.0 Å². The zero-order valence-electron chi connectivity index (χ0n) is 7.54. The molecule has 71 valence electrons. The van der Waals surface area contributed by atoms with Gasteiger partial charge in [-0.15, -0.1) is 11.3 Å². The summed E-state index contributed by atoms with van der Waals surface area (Å²) >= 11 is 7.34. The third-order valence-electron chi connectivity index (χ3n) is 1.31. The van der Waals surface area contributed by atoms with E-state index >= 15 is 0 Å². The van der Waals surface area contributed by atoms with E-state index in [2.05, 4.69) is 4.98 Å². The lowest BCUT2D eigenvalue weighted by molar-refractivity contribution is -0.301. The summed E-state index contributed by atoms with van der Waals surface area (Å²) in [5.74, 6) is 0. The van der Waals surface area contributed by atoms with Crippen LogP contribution in [0.2, 0.25) is 11.2 Å². The zero-order chi connectivity index (χ0) is 9.68. The fraction of sp³-hybridized carbons (Fsp3) is 0.571. The monoisotopic (exact) mass is 218 g/mol. The van der Waals surface area contributed by atoms with Crippen LogP contribution < -0.4 is 4.91 Å². The number of halogens is 1. The van der Waals surface area contributed by atoms with E-state index in [4.69, 9.17) is 21.4 Å². The number of hydrogen-bond acceptors (Lipinski definition) is 4. The molecular formula is C7H10BClNO2S. The van der Waals surface area contributed by atoms with Crippen LogP contribution >= 0.6 is 22.9 Å². The topological polar surface area (TPSA) is 31.4 Å². The predicted molar refractivity (Wildman–Crippen MR) is 54.8 cm³/mol. The molecule has 1 radical (unpaired) electrons. The van der Waals surface area contributed by atoms with E-state index in [1.807, 2.05) is 21.0 Å². The molecule has 3 nitrogen and oxygen atoms in total. The van der Waals surface area contributed by atoms with Crippen LogP contribution in [0.5, 0.6) is 0 Å². The Balaban J connectivity index is 2.50. The Hall–Kier alpha value is -0.0951. The number of nitrogens with zero attached hydrogens (tertiary/aromatic N) is 1. The Morgan fingerprint density at radius 3 is 2.85 bits per heavy atom. The quantitative estimate of drug-likeness (QED) is 0.326. The Kier molecular flexibility index (Phi) is 4.73. The highest BCUT2D eigenvalue weighted by Gasteiger charge is 2.08. The minimum absolute atomic E-state index is 0.303. The van der Waals surface area contributed by atoms with Gasteiger partial charge < -0.3 is 0 Å². The third kappa shape index (κ3) is 3.27. The highest BCUT2D eigenvalue weighted by Crippen LogP contribution is 2.18. The first kappa shape index (κ1) is 11.0. The van der Waals surface area contributed by atoms with Gasteiger partial charge in [-0.1, -0.05) is 18.4 Å². The summed E-state index contributed by atoms with van der Waals surface area (Å²) in [4.78, 5) is 14.7. The summed E-state index contributed by atoms with van der Waals surface area (Å²) in [5.41, 5.74) is 0.730. The summed E-state index contributed by atoms with van der Waals surface area (Å²) in [5, 5.41) is 0. The molecule has 0 aliphatic rings. The molecule has 0 fully saturated rings. The first-order valence-corrected chi connectivity index (χ1v) is 5.16. The molecule has 6 heteroatoms. The number of hydrogen-bond donors (Lipinski definition) is 0. The maximum Gasteiger partial charge on any atom is 0.188 e. The predicted octanol–water partition coefficient (Wildman–Crippen LogP) is 1.64. The molecule has 1 heterocycles. The lowest BCUT2D eigenvalue weighted by Gasteiger charge is -1.98. The van der Waals surface area contributed by atoms with Gasteiger partial charge in [0.05, 0.1) is 12.3 Å². The molecule has 0 amide bonds. The van der Waals surface area contributed by atoms with Gasteiger partial charge >= 0.3 is 0 Å². The van der Waals surface area contributed by atoms with Crippen LogP contribution in [0.15, 0.2) is 0 Å². The SMILES string of the molecule is C[B]c1nc(COOCC)c(Cl)s1. The maximum atomic E-state index is 5.90. The molecule has 0 bridgehead atoms. The van der Waals surface area contributed by atoms with Gasteiger partial charge in [-0.3, -0.25) is 4.98 Å². The molecule has 0 saturated carbocycles. The lowest BCUT2D eigenvalue weighted by atomic mass is 9.84. The first-order chi connectivity index (χ1) is 6.27. The minimum atomic E-state index is 0.303. The molecule has 0 spiro atoms. The summed E-state index contributed by atoms with van der Waals surface area (Å²) in [6.07, 6.45) is 0. The largest absolute Gasteiger partial charge is 0.253 e. The molecule has 0 aromatic carbocycles. The molecule has 1 rings (SSSR count). The molecule has 0 N–H and O–H groups in total. The van der Waals surface area contributed by atoms with Crippen LogP contribution in [0.4, 0.5) is 0 Å². The number of rotatable bonds is 5. The number of thiazole rings is 1. The van der Waals surface area contributed by atoms with Crippen LogP contribution in [-0.4, -0.2) is 18.9 Å². The van der Waals surface area contributed by atoms with E-state index in [1.54, 1.807) is 0 Å². The van der Waals surface area contributed by atoms with E-state index < -0.39 is 0 Å². The van der Waals surface area contributed by atoms with Crippen molar-refractivity contribution in [2.75, 3.05) is 6.61 Å². The molecule has 0 atom stereocenters. The van der Waals surface area contributed by atoms with E-state index in [9.17, 15) is 0 Å². The maximum absolute atomic E-state index is 5.90. The van der Waals surface area contributed by atoms with Gasteiger partial charge in [-0.05, 0) is 6.92 Å². The van der Waals surface area contributed by atoms with Crippen molar-refractivity contribution in [3.8, 4) is 0 Å².